The number of aryl methyl sites for hydroxylation is 1. The Hall–Kier alpha value is -0.820. The van der Waals surface area contributed by atoms with Crippen molar-refractivity contribution in [2.75, 3.05) is 13.1 Å². The van der Waals surface area contributed by atoms with Gasteiger partial charge in [-0.15, -0.1) is 0 Å². The summed E-state index contributed by atoms with van der Waals surface area (Å²) in [7, 11) is 0. The van der Waals surface area contributed by atoms with Gasteiger partial charge < -0.3 is 0 Å². The van der Waals surface area contributed by atoms with Crippen LogP contribution in [0.5, 0.6) is 0 Å². The van der Waals surface area contributed by atoms with E-state index >= 15 is 0 Å². The van der Waals surface area contributed by atoms with Crippen molar-refractivity contribution in [2.45, 2.75) is 64.3 Å². The first kappa shape index (κ1) is 13.2. The van der Waals surface area contributed by atoms with Crippen LogP contribution in [0.25, 0.3) is 0 Å². The smallest absolute Gasteiger partial charge is 0.0233 e. The molecule has 0 N–H and O–H groups in total. The Bertz CT molecular complexity index is 418. The van der Waals surface area contributed by atoms with Crippen LogP contribution in [-0.4, -0.2) is 18.0 Å². The van der Waals surface area contributed by atoms with E-state index in [0.717, 1.165) is 5.92 Å². The first-order valence-electron chi connectivity index (χ1n) is 8.21. The Morgan fingerprint density at radius 3 is 2.74 bits per heavy atom. The summed E-state index contributed by atoms with van der Waals surface area (Å²) in [6, 6.07) is 7.33. The van der Waals surface area contributed by atoms with Crippen LogP contribution in [0.1, 0.15) is 68.1 Å². The summed E-state index contributed by atoms with van der Waals surface area (Å²) in [5.74, 6) is 0.827. The molecule has 0 spiro atoms. The van der Waals surface area contributed by atoms with E-state index in [4.69, 9.17) is 0 Å². The maximum Gasteiger partial charge on any atom is 0.0233 e. The molecule has 1 saturated heterocycles. The van der Waals surface area contributed by atoms with Crippen LogP contribution >= 0.6 is 0 Å². The SMILES string of the molecule is CCC1CCCc2cc(CN3CCCCC3)ccc21. The monoisotopic (exact) mass is 257 g/mol. The van der Waals surface area contributed by atoms with Crippen LogP contribution in [-0.2, 0) is 13.0 Å². The highest BCUT2D eigenvalue weighted by Gasteiger charge is 2.19. The molecule has 0 amide bonds. The molecule has 19 heavy (non-hydrogen) atoms. The Morgan fingerprint density at radius 2 is 1.95 bits per heavy atom. The normalized spacial score (nSPS) is 24.2. The highest BCUT2D eigenvalue weighted by atomic mass is 15.1. The minimum Gasteiger partial charge on any atom is -0.299 e. The van der Waals surface area contributed by atoms with Crippen molar-refractivity contribution in [3.05, 3.63) is 34.9 Å². The number of piperidine rings is 1. The lowest BCUT2D eigenvalue weighted by Gasteiger charge is -2.28. The molecular formula is C18H27N. The van der Waals surface area contributed by atoms with Gasteiger partial charge in [-0.25, -0.2) is 0 Å². The molecule has 1 aromatic rings. The topological polar surface area (TPSA) is 3.24 Å². The zero-order valence-electron chi connectivity index (χ0n) is 12.3. The molecule has 1 aromatic carbocycles. The van der Waals surface area contributed by atoms with Gasteiger partial charge in [0.2, 0.25) is 0 Å². The molecule has 0 aromatic heterocycles. The Labute approximate surface area is 118 Å². The predicted octanol–water partition coefficient (Wildman–Crippen LogP) is 4.50. The van der Waals surface area contributed by atoms with Gasteiger partial charge in [0.15, 0.2) is 0 Å². The van der Waals surface area contributed by atoms with E-state index in [9.17, 15) is 0 Å². The first-order valence-corrected chi connectivity index (χ1v) is 8.21. The van der Waals surface area contributed by atoms with Crippen LogP contribution in [0.2, 0.25) is 0 Å². The van der Waals surface area contributed by atoms with Crippen molar-refractivity contribution >= 4 is 0 Å². The molecule has 1 aliphatic carbocycles. The van der Waals surface area contributed by atoms with Crippen molar-refractivity contribution in [1.29, 1.82) is 0 Å². The van der Waals surface area contributed by atoms with Gasteiger partial charge in [0.1, 0.15) is 0 Å². The number of hydrogen-bond donors (Lipinski definition) is 0. The largest absolute Gasteiger partial charge is 0.299 e. The van der Waals surface area contributed by atoms with Crippen LogP contribution in [0.15, 0.2) is 18.2 Å². The fourth-order valence-corrected chi connectivity index (χ4v) is 3.87. The number of benzene rings is 1. The van der Waals surface area contributed by atoms with E-state index in [1.807, 2.05) is 0 Å². The number of fused-ring (bicyclic) bond motifs is 1. The predicted molar refractivity (Wildman–Crippen MR) is 81.5 cm³/mol. The second-order valence-corrected chi connectivity index (χ2v) is 6.37. The van der Waals surface area contributed by atoms with Gasteiger partial charge in [0.05, 0.1) is 0 Å². The minimum atomic E-state index is 0.827. The summed E-state index contributed by atoms with van der Waals surface area (Å²) in [5, 5.41) is 0. The maximum atomic E-state index is 2.63. The molecular weight excluding hydrogens is 230 g/mol. The van der Waals surface area contributed by atoms with E-state index in [2.05, 4.69) is 30.0 Å². The molecule has 1 atom stereocenters. The van der Waals surface area contributed by atoms with E-state index in [0.29, 0.717) is 0 Å². The second kappa shape index (κ2) is 6.09. The molecule has 1 unspecified atom stereocenters. The standard InChI is InChI=1S/C18H27N/c1-2-16-7-6-8-17-13-15(9-10-18(16)17)14-19-11-4-3-5-12-19/h9-10,13,16H,2-8,11-12,14H2,1H3. The zero-order valence-corrected chi connectivity index (χ0v) is 12.3. The van der Waals surface area contributed by atoms with Gasteiger partial charge in [-0.2, -0.15) is 0 Å². The quantitative estimate of drug-likeness (QED) is 0.770. The Kier molecular flexibility index (Phi) is 4.22. The van der Waals surface area contributed by atoms with Gasteiger partial charge in [-0.05, 0) is 74.2 Å². The van der Waals surface area contributed by atoms with Crippen molar-refractivity contribution in [3.63, 3.8) is 0 Å². The second-order valence-electron chi connectivity index (χ2n) is 6.37. The average Bonchev–Trinajstić information content (AvgIpc) is 2.47. The molecule has 0 bridgehead atoms. The number of nitrogens with zero attached hydrogens (tertiary/aromatic N) is 1. The molecule has 104 valence electrons. The van der Waals surface area contributed by atoms with Crippen molar-refractivity contribution in [2.24, 2.45) is 0 Å². The van der Waals surface area contributed by atoms with Gasteiger partial charge in [0.25, 0.3) is 0 Å². The lowest BCUT2D eigenvalue weighted by molar-refractivity contribution is 0.221. The summed E-state index contributed by atoms with van der Waals surface area (Å²) < 4.78 is 0. The summed E-state index contributed by atoms with van der Waals surface area (Å²) >= 11 is 0. The third-order valence-corrected chi connectivity index (χ3v) is 4.99. The third kappa shape index (κ3) is 3.02. The van der Waals surface area contributed by atoms with Gasteiger partial charge in [0, 0.05) is 6.54 Å². The molecule has 1 nitrogen and oxygen atoms in total. The van der Waals surface area contributed by atoms with Gasteiger partial charge in [-0.1, -0.05) is 31.5 Å². The van der Waals surface area contributed by atoms with E-state index in [-0.39, 0.29) is 0 Å². The fourth-order valence-electron chi connectivity index (χ4n) is 3.87. The molecule has 1 heterocycles. The number of rotatable bonds is 3. The summed E-state index contributed by atoms with van der Waals surface area (Å²) in [5.41, 5.74) is 4.83. The molecule has 3 rings (SSSR count). The summed E-state index contributed by atoms with van der Waals surface area (Å²) in [4.78, 5) is 2.63. The maximum absolute atomic E-state index is 2.63. The first-order chi connectivity index (χ1) is 9.36. The third-order valence-electron chi connectivity index (χ3n) is 4.99. The number of hydrogen-bond acceptors (Lipinski definition) is 1. The molecule has 1 fully saturated rings. The molecule has 0 saturated carbocycles. The number of likely N-dealkylation sites (tertiary alicyclic amines) is 1. The lowest BCUT2D eigenvalue weighted by atomic mass is 9.81. The Morgan fingerprint density at radius 1 is 1.11 bits per heavy atom. The van der Waals surface area contributed by atoms with Crippen LogP contribution in [0.3, 0.4) is 0 Å². The van der Waals surface area contributed by atoms with Crippen molar-refractivity contribution < 1.29 is 0 Å². The Balaban J connectivity index is 1.73. The average molecular weight is 257 g/mol. The summed E-state index contributed by atoms with van der Waals surface area (Å²) in [6.45, 7) is 6.11. The van der Waals surface area contributed by atoms with Crippen LogP contribution in [0, 0.1) is 0 Å². The highest BCUT2D eigenvalue weighted by molar-refractivity contribution is 5.36. The van der Waals surface area contributed by atoms with Gasteiger partial charge in [-0.3, -0.25) is 4.90 Å². The van der Waals surface area contributed by atoms with E-state index in [1.165, 1.54) is 70.1 Å². The zero-order chi connectivity index (χ0) is 13.1. The van der Waals surface area contributed by atoms with Gasteiger partial charge >= 0.3 is 0 Å². The van der Waals surface area contributed by atoms with E-state index < -0.39 is 0 Å². The fraction of sp³-hybridized carbons (Fsp3) is 0.667. The molecule has 1 heteroatoms. The van der Waals surface area contributed by atoms with Crippen LogP contribution in [0.4, 0.5) is 0 Å². The van der Waals surface area contributed by atoms with Crippen molar-refractivity contribution in [3.8, 4) is 0 Å². The van der Waals surface area contributed by atoms with Crippen molar-refractivity contribution in [1.82, 2.24) is 4.90 Å². The summed E-state index contributed by atoms with van der Waals surface area (Å²) in [6.07, 6.45) is 9.61. The lowest BCUT2D eigenvalue weighted by Crippen LogP contribution is -2.29. The minimum absolute atomic E-state index is 0.827. The molecule has 1 aliphatic heterocycles. The highest BCUT2D eigenvalue weighted by Crippen LogP contribution is 2.34. The van der Waals surface area contributed by atoms with Crippen LogP contribution < -0.4 is 0 Å². The molecule has 0 radical (unpaired) electrons. The molecule has 2 aliphatic rings. The van der Waals surface area contributed by atoms with E-state index in [1.54, 1.807) is 11.1 Å².